The van der Waals surface area contributed by atoms with E-state index in [1.54, 1.807) is 19.2 Å². The third-order valence-corrected chi connectivity index (χ3v) is 1.93. The van der Waals surface area contributed by atoms with E-state index in [4.69, 9.17) is 9.52 Å². The van der Waals surface area contributed by atoms with E-state index in [9.17, 15) is 9.59 Å². The smallest absolute Gasteiger partial charge is 0.323 e. The van der Waals surface area contributed by atoms with E-state index in [-0.39, 0.29) is 6.54 Å². The number of hydrogen-bond donors (Lipinski definition) is 2. The fourth-order valence-electron chi connectivity index (χ4n) is 1.16. The van der Waals surface area contributed by atoms with Gasteiger partial charge in [0.05, 0.1) is 6.54 Å². The molecule has 2 amide bonds. The third-order valence-electron chi connectivity index (χ3n) is 1.93. The number of aliphatic carboxylic acids is 1. The lowest BCUT2D eigenvalue weighted by molar-refractivity contribution is -0.135. The Hall–Kier alpha value is -1.98. The molecule has 88 valence electrons. The summed E-state index contributed by atoms with van der Waals surface area (Å²) in [7, 11) is 1.56. The zero-order chi connectivity index (χ0) is 12.1. The lowest BCUT2D eigenvalue weighted by Crippen LogP contribution is -2.39. The van der Waals surface area contributed by atoms with Crippen molar-refractivity contribution in [2.45, 2.75) is 13.5 Å². The predicted octanol–water partition coefficient (Wildman–Crippen LogP) is 0.814. The Morgan fingerprint density at radius 1 is 1.50 bits per heavy atom. The average molecular weight is 226 g/mol. The van der Waals surface area contributed by atoms with Crippen molar-refractivity contribution in [2.75, 3.05) is 13.6 Å². The van der Waals surface area contributed by atoms with Crippen LogP contribution in [0.2, 0.25) is 0 Å². The van der Waals surface area contributed by atoms with Crippen molar-refractivity contribution in [2.24, 2.45) is 0 Å². The molecule has 0 aromatic carbocycles. The summed E-state index contributed by atoms with van der Waals surface area (Å²) in [5.74, 6) is 0.357. The largest absolute Gasteiger partial charge is 0.480 e. The van der Waals surface area contributed by atoms with Gasteiger partial charge in [-0.05, 0) is 19.1 Å². The van der Waals surface area contributed by atoms with Crippen LogP contribution in [0.3, 0.4) is 0 Å². The Morgan fingerprint density at radius 3 is 2.69 bits per heavy atom. The number of carboxylic acids is 1. The highest BCUT2D eigenvalue weighted by Crippen LogP contribution is 2.08. The molecule has 6 nitrogen and oxygen atoms in total. The molecule has 0 fully saturated rings. The number of urea groups is 1. The zero-order valence-electron chi connectivity index (χ0n) is 9.19. The third kappa shape index (κ3) is 3.64. The molecule has 16 heavy (non-hydrogen) atoms. The van der Waals surface area contributed by atoms with Gasteiger partial charge in [-0.25, -0.2) is 4.79 Å². The highest BCUT2D eigenvalue weighted by atomic mass is 16.4. The molecule has 0 aliphatic heterocycles. The van der Waals surface area contributed by atoms with Crippen molar-refractivity contribution >= 4 is 12.0 Å². The second kappa shape index (κ2) is 5.20. The van der Waals surface area contributed by atoms with Gasteiger partial charge in [-0.3, -0.25) is 4.79 Å². The maximum absolute atomic E-state index is 11.4. The summed E-state index contributed by atoms with van der Waals surface area (Å²) >= 11 is 0. The van der Waals surface area contributed by atoms with Gasteiger partial charge in [0.2, 0.25) is 0 Å². The van der Waals surface area contributed by atoms with Crippen molar-refractivity contribution in [3.8, 4) is 0 Å². The van der Waals surface area contributed by atoms with Crippen molar-refractivity contribution in [3.05, 3.63) is 23.7 Å². The van der Waals surface area contributed by atoms with Gasteiger partial charge in [0, 0.05) is 7.05 Å². The quantitative estimate of drug-likeness (QED) is 0.796. The van der Waals surface area contributed by atoms with Gasteiger partial charge in [0.1, 0.15) is 18.1 Å². The highest BCUT2D eigenvalue weighted by Gasteiger charge is 2.11. The second-order valence-electron chi connectivity index (χ2n) is 3.42. The van der Waals surface area contributed by atoms with Gasteiger partial charge in [0.15, 0.2) is 0 Å². The van der Waals surface area contributed by atoms with Crippen LogP contribution in [0.15, 0.2) is 16.5 Å². The first-order chi connectivity index (χ1) is 7.49. The van der Waals surface area contributed by atoms with Crippen molar-refractivity contribution in [1.82, 2.24) is 10.2 Å². The summed E-state index contributed by atoms with van der Waals surface area (Å²) in [4.78, 5) is 23.0. The van der Waals surface area contributed by atoms with E-state index in [1.165, 1.54) is 4.90 Å². The second-order valence-corrected chi connectivity index (χ2v) is 3.42. The van der Waals surface area contributed by atoms with Crippen LogP contribution < -0.4 is 5.32 Å². The number of carbonyl (C=O) groups excluding carboxylic acids is 1. The lowest BCUT2D eigenvalue weighted by Gasteiger charge is -2.15. The first kappa shape index (κ1) is 12.1. The Kier molecular flexibility index (Phi) is 3.93. The lowest BCUT2D eigenvalue weighted by atomic mass is 10.4. The molecule has 0 spiro atoms. The predicted molar refractivity (Wildman–Crippen MR) is 55.9 cm³/mol. The zero-order valence-corrected chi connectivity index (χ0v) is 9.19. The first-order valence-corrected chi connectivity index (χ1v) is 4.75. The van der Waals surface area contributed by atoms with E-state index >= 15 is 0 Å². The average Bonchev–Trinajstić information content (AvgIpc) is 2.60. The molecule has 0 radical (unpaired) electrons. The summed E-state index contributed by atoms with van der Waals surface area (Å²) in [6.07, 6.45) is 0. The fourth-order valence-corrected chi connectivity index (χ4v) is 1.16. The first-order valence-electron chi connectivity index (χ1n) is 4.75. The molecule has 0 saturated heterocycles. The van der Waals surface area contributed by atoms with Crippen LogP contribution in [0.1, 0.15) is 11.5 Å². The van der Waals surface area contributed by atoms with E-state index in [0.29, 0.717) is 12.3 Å². The Bertz CT molecular complexity index is 386. The van der Waals surface area contributed by atoms with E-state index < -0.39 is 12.0 Å². The van der Waals surface area contributed by atoms with Crippen LogP contribution in [0, 0.1) is 6.92 Å². The molecular weight excluding hydrogens is 212 g/mol. The molecule has 0 aliphatic rings. The Labute approximate surface area is 92.8 Å². The summed E-state index contributed by atoms with van der Waals surface area (Å²) in [5, 5.41) is 10.6. The molecule has 1 heterocycles. The minimum atomic E-state index is -1.07. The van der Waals surface area contributed by atoms with Crippen molar-refractivity contribution in [1.29, 1.82) is 0 Å². The standard InChI is InChI=1S/C10H14N2O4/c1-7-3-4-8(16-7)6-12(2)10(15)11-5-9(13)14/h3-4H,5-6H2,1-2H3,(H,11,15)(H,13,14). The van der Waals surface area contributed by atoms with Crippen LogP contribution in [0.25, 0.3) is 0 Å². The molecule has 0 unspecified atom stereocenters. The summed E-state index contributed by atoms with van der Waals surface area (Å²) < 4.78 is 5.29. The SMILES string of the molecule is Cc1ccc(CN(C)C(=O)NCC(=O)O)o1. The number of carboxylic acid groups (broad SMARTS) is 1. The number of carbonyl (C=O) groups is 2. The van der Waals surface area contributed by atoms with Crippen LogP contribution in [0.4, 0.5) is 4.79 Å². The van der Waals surface area contributed by atoms with Crippen molar-refractivity contribution in [3.63, 3.8) is 0 Å². The van der Waals surface area contributed by atoms with Gasteiger partial charge in [0.25, 0.3) is 0 Å². The molecule has 6 heteroatoms. The monoisotopic (exact) mass is 226 g/mol. The Morgan fingerprint density at radius 2 is 2.19 bits per heavy atom. The molecule has 0 saturated carbocycles. The maximum Gasteiger partial charge on any atom is 0.323 e. The molecule has 1 rings (SSSR count). The molecule has 1 aromatic rings. The molecular formula is C10H14N2O4. The van der Waals surface area contributed by atoms with E-state index in [2.05, 4.69) is 5.32 Å². The number of nitrogens with zero attached hydrogens (tertiary/aromatic N) is 1. The molecule has 0 atom stereocenters. The number of furan rings is 1. The number of hydrogen-bond acceptors (Lipinski definition) is 3. The topological polar surface area (TPSA) is 82.8 Å². The van der Waals surface area contributed by atoms with Crippen molar-refractivity contribution < 1.29 is 19.1 Å². The highest BCUT2D eigenvalue weighted by molar-refractivity contribution is 5.79. The van der Waals surface area contributed by atoms with Gasteiger partial charge in [-0.2, -0.15) is 0 Å². The minimum Gasteiger partial charge on any atom is -0.480 e. The fraction of sp³-hybridized carbons (Fsp3) is 0.400. The molecule has 0 bridgehead atoms. The molecule has 1 aromatic heterocycles. The number of amides is 2. The van der Waals surface area contributed by atoms with Gasteiger partial charge in [-0.1, -0.05) is 0 Å². The van der Waals surface area contributed by atoms with E-state index in [0.717, 1.165) is 5.76 Å². The normalized spacial score (nSPS) is 9.88. The van der Waals surface area contributed by atoms with Gasteiger partial charge in [-0.15, -0.1) is 0 Å². The van der Waals surface area contributed by atoms with Crippen LogP contribution >= 0.6 is 0 Å². The van der Waals surface area contributed by atoms with E-state index in [1.807, 2.05) is 6.92 Å². The Balaban J connectivity index is 2.42. The van der Waals surface area contributed by atoms with Gasteiger partial charge < -0.3 is 19.7 Å². The maximum atomic E-state index is 11.4. The van der Waals surface area contributed by atoms with Crippen LogP contribution in [-0.4, -0.2) is 35.6 Å². The number of rotatable bonds is 4. The van der Waals surface area contributed by atoms with Crippen LogP contribution in [-0.2, 0) is 11.3 Å². The number of nitrogens with one attached hydrogen (secondary N) is 1. The number of aryl methyl sites for hydroxylation is 1. The summed E-state index contributed by atoms with van der Waals surface area (Å²) in [6.45, 7) is 1.73. The summed E-state index contributed by atoms with van der Waals surface area (Å²) in [6, 6.07) is 3.13. The van der Waals surface area contributed by atoms with Gasteiger partial charge >= 0.3 is 12.0 Å². The molecule has 0 aliphatic carbocycles. The van der Waals surface area contributed by atoms with Crippen LogP contribution in [0.5, 0.6) is 0 Å². The minimum absolute atomic E-state index is 0.305. The molecule has 2 N–H and O–H groups in total. The summed E-state index contributed by atoms with van der Waals surface area (Å²) in [5.41, 5.74) is 0.